The Morgan fingerprint density at radius 2 is 2.05 bits per heavy atom. The van der Waals surface area contributed by atoms with Crippen molar-refractivity contribution in [2.45, 2.75) is 60.2 Å². The third-order valence-electron chi connectivity index (χ3n) is 4.64. The molecule has 4 heteroatoms. The fourth-order valence-electron chi connectivity index (χ4n) is 2.57. The molecule has 1 saturated heterocycles. The van der Waals surface area contributed by atoms with Crippen molar-refractivity contribution in [3.8, 4) is 0 Å². The molecule has 0 saturated carbocycles. The maximum absolute atomic E-state index is 12.7. The molecule has 21 heavy (non-hydrogen) atoms. The van der Waals surface area contributed by atoms with E-state index in [2.05, 4.69) is 63.9 Å². The summed E-state index contributed by atoms with van der Waals surface area (Å²) in [4.78, 5) is 17.3. The maximum atomic E-state index is 12.7. The topological polar surface area (TPSA) is 32.3 Å². The molecule has 1 aromatic rings. The third kappa shape index (κ3) is 3.49. The van der Waals surface area contributed by atoms with Crippen LogP contribution in [0.3, 0.4) is 0 Å². The quantitative estimate of drug-likeness (QED) is 0.913. The Kier molecular flexibility index (Phi) is 4.79. The predicted octanol–water partition coefficient (Wildman–Crippen LogP) is 3.95. The Morgan fingerprint density at radius 3 is 2.52 bits per heavy atom. The number of hydrogen-bond donors (Lipinski definition) is 1. The zero-order valence-corrected chi connectivity index (χ0v) is 14.9. The largest absolute Gasteiger partial charge is 0.320 e. The van der Waals surface area contributed by atoms with E-state index >= 15 is 0 Å². The van der Waals surface area contributed by atoms with Gasteiger partial charge in [-0.3, -0.25) is 10.1 Å². The summed E-state index contributed by atoms with van der Waals surface area (Å²) in [5, 5.41) is 3.51. The molecule has 1 aliphatic rings. The first-order valence-electron chi connectivity index (χ1n) is 7.87. The average Bonchev–Trinajstić information content (AvgIpc) is 2.94. The maximum Gasteiger partial charge on any atom is 0.241 e. The van der Waals surface area contributed by atoms with Gasteiger partial charge in [0.1, 0.15) is 6.17 Å². The van der Waals surface area contributed by atoms with Crippen LogP contribution in [0.15, 0.2) is 12.1 Å². The molecule has 1 aliphatic heterocycles. The number of carbonyl (C=O) groups is 1. The third-order valence-corrected chi connectivity index (χ3v) is 5.69. The van der Waals surface area contributed by atoms with Crippen molar-refractivity contribution in [1.29, 1.82) is 0 Å². The smallest absolute Gasteiger partial charge is 0.241 e. The molecule has 1 fully saturated rings. The van der Waals surface area contributed by atoms with E-state index in [1.54, 1.807) is 11.3 Å². The van der Waals surface area contributed by atoms with Crippen molar-refractivity contribution in [2.24, 2.45) is 11.3 Å². The van der Waals surface area contributed by atoms with Crippen molar-refractivity contribution >= 4 is 17.2 Å². The SMILES string of the molecule is CCC1NC(c2ccc(C)s2)N(CC(C)C(C)(C)C)C1=O. The first-order chi connectivity index (χ1) is 9.74. The molecule has 0 aliphatic carbocycles. The van der Waals surface area contributed by atoms with Gasteiger partial charge >= 0.3 is 0 Å². The van der Waals surface area contributed by atoms with Crippen LogP contribution in [0.4, 0.5) is 0 Å². The molecule has 3 unspecified atom stereocenters. The molecular weight excluding hydrogens is 280 g/mol. The lowest BCUT2D eigenvalue weighted by atomic mass is 9.82. The van der Waals surface area contributed by atoms with Gasteiger partial charge in [-0.05, 0) is 36.8 Å². The molecule has 0 radical (unpaired) electrons. The van der Waals surface area contributed by atoms with E-state index in [0.29, 0.717) is 5.92 Å². The Balaban J connectivity index is 2.23. The van der Waals surface area contributed by atoms with Crippen LogP contribution in [-0.2, 0) is 4.79 Å². The van der Waals surface area contributed by atoms with E-state index in [1.807, 2.05) is 0 Å². The van der Waals surface area contributed by atoms with Crippen LogP contribution in [0.25, 0.3) is 0 Å². The second kappa shape index (κ2) is 6.09. The lowest BCUT2D eigenvalue weighted by Gasteiger charge is -2.33. The second-order valence-electron chi connectivity index (χ2n) is 7.24. The average molecular weight is 308 g/mol. The molecule has 1 N–H and O–H groups in total. The highest BCUT2D eigenvalue weighted by Gasteiger charge is 2.40. The summed E-state index contributed by atoms with van der Waals surface area (Å²) in [6.45, 7) is 14.0. The van der Waals surface area contributed by atoms with Crippen molar-refractivity contribution in [1.82, 2.24) is 10.2 Å². The highest BCUT2D eigenvalue weighted by Crippen LogP contribution is 2.34. The summed E-state index contributed by atoms with van der Waals surface area (Å²) in [5.41, 5.74) is 0.209. The minimum atomic E-state index is -0.0374. The van der Waals surface area contributed by atoms with Crippen molar-refractivity contribution in [3.63, 3.8) is 0 Å². The van der Waals surface area contributed by atoms with E-state index in [4.69, 9.17) is 0 Å². The van der Waals surface area contributed by atoms with Gasteiger partial charge in [0.05, 0.1) is 6.04 Å². The van der Waals surface area contributed by atoms with Crippen LogP contribution >= 0.6 is 11.3 Å². The summed E-state index contributed by atoms with van der Waals surface area (Å²) in [6, 6.07) is 4.25. The Hall–Kier alpha value is -0.870. The summed E-state index contributed by atoms with van der Waals surface area (Å²) in [6.07, 6.45) is 0.894. The van der Waals surface area contributed by atoms with E-state index in [1.165, 1.54) is 9.75 Å². The summed E-state index contributed by atoms with van der Waals surface area (Å²) in [5.74, 6) is 0.715. The number of amides is 1. The summed E-state index contributed by atoms with van der Waals surface area (Å²) >= 11 is 1.78. The van der Waals surface area contributed by atoms with Crippen molar-refractivity contribution in [2.75, 3.05) is 6.54 Å². The fraction of sp³-hybridized carbons (Fsp3) is 0.706. The molecule has 0 spiro atoms. The predicted molar refractivity (Wildman–Crippen MR) is 89.3 cm³/mol. The number of carbonyl (C=O) groups excluding carboxylic acids is 1. The minimum absolute atomic E-state index is 0.0374. The first kappa shape index (κ1) is 16.5. The Bertz CT molecular complexity index is 503. The standard InChI is InChI=1S/C17H28N2OS/c1-7-13-16(20)19(10-11(2)17(4,5)6)15(18-13)14-9-8-12(3)21-14/h8-9,11,13,15,18H,7,10H2,1-6H3. The molecule has 3 atom stereocenters. The van der Waals surface area contributed by atoms with E-state index < -0.39 is 0 Å². The number of hydrogen-bond acceptors (Lipinski definition) is 3. The normalized spacial score (nSPS) is 24.7. The van der Waals surface area contributed by atoms with Gasteiger partial charge in [0.2, 0.25) is 5.91 Å². The van der Waals surface area contributed by atoms with Crippen LogP contribution in [0.5, 0.6) is 0 Å². The lowest BCUT2D eigenvalue weighted by molar-refractivity contribution is -0.131. The van der Waals surface area contributed by atoms with Crippen molar-refractivity contribution < 1.29 is 4.79 Å². The number of nitrogens with one attached hydrogen (secondary N) is 1. The molecule has 1 amide bonds. The first-order valence-corrected chi connectivity index (χ1v) is 8.68. The zero-order valence-electron chi connectivity index (χ0n) is 14.1. The zero-order chi connectivity index (χ0) is 15.8. The van der Waals surface area contributed by atoms with Gasteiger partial charge < -0.3 is 4.90 Å². The van der Waals surface area contributed by atoms with Crippen LogP contribution in [0.2, 0.25) is 0 Å². The summed E-state index contributed by atoms with van der Waals surface area (Å²) < 4.78 is 0. The van der Waals surface area contributed by atoms with Gasteiger partial charge in [-0.15, -0.1) is 11.3 Å². The van der Waals surface area contributed by atoms with Gasteiger partial charge in [-0.2, -0.15) is 0 Å². The molecule has 1 aromatic heterocycles. The van der Waals surface area contributed by atoms with Crippen LogP contribution < -0.4 is 5.32 Å². The van der Waals surface area contributed by atoms with E-state index in [0.717, 1.165) is 13.0 Å². The monoisotopic (exact) mass is 308 g/mol. The number of rotatable bonds is 4. The van der Waals surface area contributed by atoms with Crippen LogP contribution in [-0.4, -0.2) is 23.4 Å². The van der Waals surface area contributed by atoms with E-state index in [-0.39, 0.29) is 23.5 Å². The Morgan fingerprint density at radius 1 is 1.38 bits per heavy atom. The summed E-state index contributed by atoms with van der Waals surface area (Å²) in [7, 11) is 0. The van der Waals surface area contributed by atoms with Crippen LogP contribution in [0, 0.1) is 18.3 Å². The van der Waals surface area contributed by atoms with Gasteiger partial charge in [0, 0.05) is 16.3 Å². The van der Waals surface area contributed by atoms with Crippen LogP contribution in [0.1, 0.15) is 57.0 Å². The molecule has 3 nitrogen and oxygen atoms in total. The number of nitrogens with zero attached hydrogens (tertiary/aromatic N) is 1. The number of thiophene rings is 1. The van der Waals surface area contributed by atoms with Gasteiger partial charge in [0.15, 0.2) is 0 Å². The highest BCUT2D eigenvalue weighted by atomic mass is 32.1. The molecule has 2 rings (SSSR count). The van der Waals surface area contributed by atoms with Gasteiger partial charge in [-0.1, -0.05) is 34.6 Å². The Labute approximate surface area is 132 Å². The second-order valence-corrected chi connectivity index (χ2v) is 8.56. The fourth-order valence-corrected chi connectivity index (χ4v) is 3.52. The lowest BCUT2D eigenvalue weighted by Crippen LogP contribution is -2.38. The van der Waals surface area contributed by atoms with Gasteiger partial charge in [0.25, 0.3) is 0 Å². The molecule has 2 heterocycles. The molecule has 118 valence electrons. The minimum Gasteiger partial charge on any atom is -0.320 e. The molecule has 0 bridgehead atoms. The molecular formula is C17H28N2OS. The molecule has 0 aromatic carbocycles. The van der Waals surface area contributed by atoms with E-state index in [9.17, 15) is 4.79 Å². The van der Waals surface area contributed by atoms with Gasteiger partial charge in [-0.25, -0.2) is 0 Å². The number of aryl methyl sites for hydroxylation is 1. The van der Waals surface area contributed by atoms with Crippen molar-refractivity contribution in [3.05, 3.63) is 21.9 Å². The highest BCUT2D eigenvalue weighted by molar-refractivity contribution is 7.12.